The molecule has 4 heterocycles. The van der Waals surface area contributed by atoms with Crippen molar-refractivity contribution in [3.05, 3.63) is 69.7 Å². The average molecular weight is 540 g/mol. The highest BCUT2D eigenvalue weighted by Crippen LogP contribution is 2.38. The summed E-state index contributed by atoms with van der Waals surface area (Å²) in [5, 5.41) is 9.56. The van der Waals surface area contributed by atoms with Crippen LogP contribution in [0.5, 0.6) is 5.75 Å². The van der Waals surface area contributed by atoms with Gasteiger partial charge >= 0.3 is 0 Å². The van der Waals surface area contributed by atoms with Crippen molar-refractivity contribution in [1.29, 1.82) is 5.41 Å². The van der Waals surface area contributed by atoms with E-state index in [1.54, 1.807) is 30.6 Å². The van der Waals surface area contributed by atoms with Crippen LogP contribution in [-0.4, -0.2) is 57.1 Å². The Morgan fingerprint density at radius 1 is 1.11 bits per heavy atom. The zero-order chi connectivity index (χ0) is 26.2. The maximum Gasteiger partial charge on any atom is 0.225 e. The molecule has 3 aromatic rings. The minimum atomic E-state index is -0.0334. The monoisotopic (exact) mass is 539 g/mol. The van der Waals surface area contributed by atoms with Crippen molar-refractivity contribution >= 4 is 46.5 Å². The van der Waals surface area contributed by atoms with E-state index in [4.69, 9.17) is 39.1 Å². The first-order chi connectivity index (χ1) is 17.8. The maximum absolute atomic E-state index is 12.0. The highest BCUT2D eigenvalue weighted by molar-refractivity contribution is 6.35. The number of nitrogens with one attached hydrogen (secondary N) is 1. The van der Waals surface area contributed by atoms with Gasteiger partial charge in [-0.3, -0.25) is 15.2 Å². The van der Waals surface area contributed by atoms with Crippen LogP contribution < -0.4 is 15.4 Å². The standard InChI is InChI=1S/C26H27Cl2N7O2/c1-34-23(36)4-5-26(34)6-8-35(9-7-26)25-32-11-16(12-33-25)24(30)18-10-17(2-3-22(18)29)37-15-19-20(27)13-31-14-21(19)28/h2-3,10-14,30H,4-9,15,29H2,1H3. The second kappa shape index (κ2) is 10.1. The van der Waals surface area contributed by atoms with E-state index in [1.165, 1.54) is 12.4 Å². The van der Waals surface area contributed by atoms with E-state index in [0.717, 1.165) is 32.4 Å². The smallest absolute Gasteiger partial charge is 0.225 e. The summed E-state index contributed by atoms with van der Waals surface area (Å²) in [5.74, 6) is 1.37. The van der Waals surface area contributed by atoms with Gasteiger partial charge in [0.05, 0.1) is 15.8 Å². The minimum absolute atomic E-state index is 0.0334. The normalized spacial score (nSPS) is 16.9. The quantitative estimate of drug-likeness (QED) is 0.352. The molecule has 0 aliphatic carbocycles. The number of nitrogens with zero attached hydrogens (tertiary/aromatic N) is 5. The molecule has 37 heavy (non-hydrogen) atoms. The van der Waals surface area contributed by atoms with Crippen molar-refractivity contribution in [3.63, 3.8) is 0 Å². The van der Waals surface area contributed by atoms with Crippen molar-refractivity contribution in [3.8, 4) is 5.75 Å². The molecule has 1 spiro atoms. The van der Waals surface area contributed by atoms with Crippen LogP contribution in [0.1, 0.15) is 42.4 Å². The fourth-order valence-electron chi connectivity index (χ4n) is 4.99. The van der Waals surface area contributed by atoms with E-state index in [1.807, 2.05) is 11.9 Å². The molecule has 1 aromatic carbocycles. The van der Waals surface area contributed by atoms with Crippen LogP contribution in [0.3, 0.4) is 0 Å². The molecule has 2 aliphatic rings. The summed E-state index contributed by atoms with van der Waals surface area (Å²) < 4.78 is 5.88. The summed E-state index contributed by atoms with van der Waals surface area (Å²) in [6.45, 7) is 1.72. The molecule has 192 valence electrons. The van der Waals surface area contributed by atoms with E-state index < -0.39 is 0 Å². The number of halogens is 2. The molecular formula is C26H27Cl2N7O2. The average Bonchev–Trinajstić information content (AvgIpc) is 3.18. The molecule has 1 amide bonds. The van der Waals surface area contributed by atoms with Crippen LogP contribution in [0.25, 0.3) is 0 Å². The highest BCUT2D eigenvalue weighted by Gasteiger charge is 2.45. The lowest BCUT2D eigenvalue weighted by Gasteiger charge is -2.43. The SMILES string of the molecule is CN1C(=O)CCC12CCN(c1ncc(C(=N)c3cc(OCc4c(Cl)cncc4Cl)ccc3N)cn1)CC2. The molecule has 0 radical (unpaired) electrons. The summed E-state index contributed by atoms with van der Waals surface area (Å²) in [7, 11) is 1.91. The second-order valence-electron chi connectivity index (χ2n) is 9.43. The van der Waals surface area contributed by atoms with Crippen LogP contribution in [0.2, 0.25) is 10.0 Å². The Morgan fingerprint density at radius 2 is 1.78 bits per heavy atom. The zero-order valence-corrected chi connectivity index (χ0v) is 21.9. The van der Waals surface area contributed by atoms with Crippen molar-refractivity contribution in [2.45, 2.75) is 37.8 Å². The van der Waals surface area contributed by atoms with Crippen LogP contribution in [0, 0.1) is 5.41 Å². The number of pyridine rings is 1. The molecule has 2 fully saturated rings. The summed E-state index contributed by atoms with van der Waals surface area (Å²) in [6.07, 6.45) is 9.65. The summed E-state index contributed by atoms with van der Waals surface area (Å²) in [5.41, 5.74) is 8.47. The van der Waals surface area contributed by atoms with Gasteiger partial charge in [-0.15, -0.1) is 0 Å². The number of carbonyl (C=O) groups excluding carboxylic acids is 1. The number of hydrogen-bond donors (Lipinski definition) is 2. The second-order valence-corrected chi connectivity index (χ2v) is 10.2. The molecule has 0 atom stereocenters. The summed E-state index contributed by atoms with van der Waals surface area (Å²) in [6, 6.07) is 5.13. The third kappa shape index (κ3) is 4.93. The van der Waals surface area contributed by atoms with Crippen LogP contribution in [0.4, 0.5) is 11.6 Å². The molecule has 0 bridgehead atoms. The maximum atomic E-state index is 12.0. The number of ether oxygens (including phenoxy) is 1. The fourth-order valence-corrected chi connectivity index (χ4v) is 5.46. The van der Waals surface area contributed by atoms with Crippen LogP contribution in [0.15, 0.2) is 43.0 Å². The van der Waals surface area contributed by atoms with E-state index >= 15 is 0 Å². The highest BCUT2D eigenvalue weighted by atomic mass is 35.5. The molecular weight excluding hydrogens is 513 g/mol. The molecule has 2 aromatic heterocycles. The van der Waals surface area contributed by atoms with Gasteiger partial charge < -0.3 is 20.3 Å². The van der Waals surface area contributed by atoms with E-state index in [2.05, 4.69) is 19.9 Å². The number of amides is 1. The lowest BCUT2D eigenvalue weighted by Crippen LogP contribution is -2.52. The fraction of sp³-hybridized carbons (Fsp3) is 0.346. The van der Waals surface area contributed by atoms with E-state index in [9.17, 15) is 4.79 Å². The predicted molar refractivity (Wildman–Crippen MR) is 144 cm³/mol. The Kier molecular flexibility index (Phi) is 6.92. The lowest BCUT2D eigenvalue weighted by atomic mass is 9.85. The van der Waals surface area contributed by atoms with Crippen molar-refractivity contribution < 1.29 is 9.53 Å². The van der Waals surface area contributed by atoms with Gasteiger partial charge in [-0.1, -0.05) is 23.2 Å². The summed E-state index contributed by atoms with van der Waals surface area (Å²) in [4.78, 5) is 29.1. The topological polar surface area (TPSA) is 121 Å². The third-order valence-corrected chi connectivity index (χ3v) is 8.07. The molecule has 11 heteroatoms. The van der Waals surface area contributed by atoms with Gasteiger partial charge in [0.1, 0.15) is 12.4 Å². The van der Waals surface area contributed by atoms with Gasteiger partial charge in [0.15, 0.2) is 0 Å². The molecule has 0 saturated carbocycles. The predicted octanol–water partition coefficient (Wildman–Crippen LogP) is 4.35. The molecule has 3 N–H and O–H groups in total. The van der Waals surface area contributed by atoms with Crippen molar-refractivity contribution in [2.24, 2.45) is 0 Å². The van der Waals surface area contributed by atoms with Crippen LogP contribution in [-0.2, 0) is 11.4 Å². The van der Waals surface area contributed by atoms with E-state index in [0.29, 0.717) is 50.5 Å². The number of likely N-dealkylation sites (tertiary alicyclic amines) is 1. The number of hydrogen-bond acceptors (Lipinski definition) is 8. The first kappa shape index (κ1) is 25.2. The number of aromatic nitrogens is 3. The summed E-state index contributed by atoms with van der Waals surface area (Å²) >= 11 is 12.4. The van der Waals surface area contributed by atoms with Crippen LogP contribution >= 0.6 is 23.2 Å². The molecule has 0 unspecified atom stereocenters. The van der Waals surface area contributed by atoms with E-state index in [-0.39, 0.29) is 23.8 Å². The Balaban J connectivity index is 1.26. The first-order valence-corrected chi connectivity index (χ1v) is 12.8. The number of piperidine rings is 1. The first-order valence-electron chi connectivity index (χ1n) is 12.0. The Morgan fingerprint density at radius 3 is 2.41 bits per heavy atom. The van der Waals surface area contributed by atoms with Gasteiger partial charge in [-0.05, 0) is 37.5 Å². The lowest BCUT2D eigenvalue weighted by molar-refractivity contribution is -0.130. The largest absolute Gasteiger partial charge is 0.489 e. The third-order valence-electron chi connectivity index (χ3n) is 7.42. The molecule has 9 nitrogen and oxygen atoms in total. The number of nitrogen functional groups attached to an aromatic ring is 1. The number of rotatable bonds is 6. The Hall–Kier alpha value is -3.43. The van der Waals surface area contributed by atoms with Gasteiger partial charge in [0.25, 0.3) is 0 Å². The van der Waals surface area contributed by atoms with Gasteiger partial charge in [-0.25, -0.2) is 9.97 Å². The van der Waals surface area contributed by atoms with Gasteiger partial charge in [0.2, 0.25) is 11.9 Å². The van der Waals surface area contributed by atoms with Gasteiger partial charge in [0, 0.05) is 79.3 Å². The van der Waals surface area contributed by atoms with Gasteiger partial charge in [-0.2, -0.15) is 0 Å². The zero-order valence-electron chi connectivity index (χ0n) is 20.4. The molecule has 2 aliphatic heterocycles. The number of anilines is 2. The molecule has 5 rings (SSSR count). The Bertz CT molecular complexity index is 1320. The van der Waals surface area contributed by atoms with Crippen molar-refractivity contribution in [1.82, 2.24) is 19.9 Å². The minimum Gasteiger partial charge on any atom is -0.489 e. The number of carbonyl (C=O) groups is 1. The Labute approximate surface area is 225 Å². The van der Waals surface area contributed by atoms with Crippen molar-refractivity contribution in [2.75, 3.05) is 30.8 Å². The number of benzene rings is 1. The number of nitrogens with two attached hydrogens (primary N) is 1. The molecule has 2 saturated heterocycles.